The predicted octanol–water partition coefficient (Wildman–Crippen LogP) is 2.10. The Balaban J connectivity index is 1.39. The molecule has 0 aromatic heterocycles. The number of ether oxygens (including phenoxy) is 1. The third-order valence-corrected chi connectivity index (χ3v) is 6.65. The van der Waals surface area contributed by atoms with Crippen LogP contribution in [0.25, 0.3) is 0 Å². The first kappa shape index (κ1) is 25.3. The van der Waals surface area contributed by atoms with E-state index in [1.165, 1.54) is 4.90 Å². The molecule has 2 atom stereocenters. The van der Waals surface area contributed by atoms with Crippen LogP contribution in [0, 0.1) is 17.8 Å². The molecule has 0 bridgehead atoms. The number of benzene rings is 2. The summed E-state index contributed by atoms with van der Waals surface area (Å²) in [5.74, 6) is 5.42. The van der Waals surface area contributed by atoms with E-state index in [0.717, 1.165) is 37.1 Å². The minimum atomic E-state index is -0.999. The molecule has 1 fully saturated rings. The van der Waals surface area contributed by atoms with Crippen molar-refractivity contribution in [1.82, 2.24) is 15.5 Å². The zero-order valence-electron chi connectivity index (χ0n) is 20.9. The van der Waals surface area contributed by atoms with Crippen LogP contribution in [-0.2, 0) is 14.4 Å². The summed E-state index contributed by atoms with van der Waals surface area (Å²) < 4.78 is 5.83. The molecule has 1 saturated heterocycles. The Hall–Kier alpha value is -3.83. The Morgan fingerprint density at radius 1 is 1.06 bits per heavy atom. The Morgan fingerprint density at radius 3 is 2.50 bits per heavy atom. The van der Waals surface area contributed by atoms with Crippen LogP contribution >= 0.6 is 0 Å². The number of likely N-dealkylation sites (tertiary alicyclic amines) is 1. The van der Waals surface area contributed by atoms with Gasteiger partial charge in [0.05, 0.1) is 11.7 Å². The van der Waals surface area contributed by atoms with E-state index in [1.54, 1.807) is 20.0 Å². The van der Waals surface area contributed by atoms with Crippen LogP contribution in [0.5, 0.6) is 5.75 Å². The molecule has 0 radical (unpaired) electrons. The molecule has 2 aromatic rings. The first-order valence-corrected chi connectivity index (χ1v) is 12.2. The number of anilines is 1. The van der Waals surface area contributed by atoms with E-state index < -0.39 is 17.9 Å². The lowest BCUT2D eigenvalue weighted by atomic mass is 9.97. The Bertz CT molecular complexity index is 1180. The Morgan fingerprint density at radius 2 is 1.78 bits per heavy atom. The van der Waals surface area contributed by atoms with Crippen LogP contribution in [0.2, 0.25) is 0 Å². The number of likely N-dealkylation sites (N-methyl/N-ethyl adjacent to an activating group) is 1. The van der Waals surface area contributed by atoms with Crippen LogP contribution in [0.4, 0.5) is 5.69 Å². The van der Waals surface area contributed by atoms with Crippen molar-refractivity contribution in [3.05, 3.63) is 59.7 Å². The number of carbonyl (C=O) groups is 3. The number of nitrogens with one attached hydrogen (secondary N) is 2. The second kappa shape index (κ2) is 11.3. The van der Waals surface area contributed by atoms with Gasteiger partial charge in [0.15, 0.2) is 0 Å². The maximum Gasteiger partial charge on any atom is 0.310 e. The van der Waals surface area contributed by atoms with Crippen molar-refractivity contribution >= 4 is 23.4 Å². The molecule has 0 aliphatic carbocycles. The fourth-order valence-electron chi connectivity index (χ4n) is 4.33. The van der Waals surface area contributed by atoms with Crippen LogP contribution < -0.4 is 20.3 Å². The van der Waals surface area contributed by atoms with Crippen molar-refractivity contribution in [1.29, 1.82) is 0 Å². The van der Waals surface area contributed by atoms with Crippen molar-refractivity contribution in [2.24, 2.45) is 5.92 Å². The average molecular weight is 489 g/mol. The molecule has 2 aliphatic heterocycles. The molecule has 2 aliphatic rings. The quantitative estimate of drug-likeness (QED) is 0.510. The van der Waals surface area contributed by atoms with E-state index >= 15 is 0 Å². The van der Waals surface area contributed by atoms with E-state index in [2.05, 4.69) is 34.4 Å². The minimum Gasteiger partial charge on any atom is -0.489 e. The van der Waals surface area contributed by atoms with Gasteiger partial charge in [0.2, 0.25) is 0 Å². The Kier molecular flexibility index (Phi) is 7.91. The number of fused-ring (bicyclic) bond motifs is 1. The highest BCUT2D eigenvalue weighted by atomic mass is 16.5. The highest BCUT2D eigenvalue weighted by molar-refractivity contribution is 6.35. The lowest BCUT2D eigenvalue weighted by molar-refractivity contribution is -0.141. The third kappa shape index (κ3) is 6.04. The summed E-state index contributed by atoms with van der Waals surface area (Å²) >= 11 is 0. The third-order valence-electron chi connectivity index (χ3n) is 6.65. The standard InChI is InChI=1S/C28H32N4O4/c1-19(22-7-5-4-6-8-22)29-26(33)27(34)30-23-18-36-25-12-11-21(17-24(25)32(3)28(23)35)10-9-20-13-15-31(2)16-14-20/h4-8,11-12,17,19-20,23H,13-16,18H2,1-3H3,(H,29,33)(H,30,34)/t19-,23+/m1/s1. The molecule has 2 aromatic carbocycles. The van der Waals surface area contributed by atoms with Gasteiger partial charge in [0.25, 0.3) is 5.91 Å². The Labute approximate surface area is 212 Å². The summed E-state index contributed by atoms with van der Waals surface area (Å²) in [6.07, 6.45) is 2.10. The molecule has 8 nitrogen and oxygen atoms in total. The van der Waals surface area contributed by atoms with Gasteiger partial charge in [0, 0.05) is 18.5 Å². The van der Waals surface area contributed by atoms with Gasteiger partial charge in [-0.3, -0.25) is 14.4 Å². The van der Waals surface area contributed by atoms with Gasteiger partial charge in [0.1, 0.15) is 18.4 Å². The summed E-state index contributed by atoms with van der Waals surface area (Å²) in [5, 5.41) is 5.18. The number of hydrogen-bond acceptors (Lipinski definition) is 5. The van der Waals surface area contributed by atoms with Crippen molar-refractivity contribution in [3.8, 4) is 17.6 Å². The largest absolute Gasteiger partial charge is 0.489 e. The summed E-state index contributed by atoms with van der Waals surface area (Å²) in [6, 6.07) is 13.5. The summed E-state index contributed by atoms with van der Waals surface area (Å²) in [7, 11) is 3.75. The van der Waals surface area contributed by atoms with Crippen molar-refractivity contribution in [3.63, 3.8) is 0 Å². The van der Waals surface area contributed by atoms with Crippen molar-refractivity contribution in [2.45, 2.75) is 31.8 Å². The highest BCUT2D eigenvalue weighted by Gasteiger charge is 2.32. The van der Waals surface area contributed by atoms with Gasteiger partial charge in [-0.15, -0.1) is 0 Å². The summed E-state index contributed by atoms with van der Waals surface area (Å²) in [4.78, 5) is 41.9. The lowest BCUT2D eigenvalue weighted by Crippen LogP contribution is -2.53. The zero-order valence-corrected chi connectivity index (χ0v) is 20.9. The molecular weight excluding hydrogens is 456 g/mol. The molecule has 0 unspecified atom stereocenters. The van der Waals surface area contributed by atoms with Gasteiger partial charge in [-0.1, -0.05) is 42.2 Å². The SMILES string of the molecule is C[C@@H](NC(=O)C(=O)N[C@H]1COc2ccc(C#CC3CCN(C)CC3)cc2N(C)C1=O)c1ccccc1. The van der Waals surface area contributed by atoms with Gasteiger partial charge in [-0.2, -0.15) is 0 Å². The predicted molar refractivity (Wildman–Crippen MR) is 137 cm³/mol. The number of amides is 3. The molecule has 188 valence electrons. The van der Waals surface area contributed by atoms with Crippen LogP contribution in [0.1, 0.15) is 36.9 Å². The smallest absolute Gasteiger partial charge is 0.310 e. The van der Waals surface area contributed by atoms with E-state index in [1.807, 2.05) is 42.5 Å². The van der Waals surface area contributed by atoms with Crippen molar-refractivity contribution < 1.29 is 19.1 Å². The van der Waals surface area contributed by atoms with Crippen LogP contribution in [0.3, 0.4) is 0 Å². The maximum atomic E-state index is 13.1. The molecule has 36 heavy (non-hydrogen) atoms. The first-order chi connectivity index (χ1) is 17.3. The molecular formula is C28H32N4O4. The maximum absolute atomic E-state index is 13.1. The number of carbonyl (C=O) groups excluding carboxylic acids is 3. The summed E-state index contributed by atoms with van der Waals surface area (Å²) in [5.41, 5.74) is 2.25. The normalized spacial score (nSPS) is 19.1. The highest BCUT2D eigenvalue weighted by Crippen LogP contribution is 2.31. The van der Waals surface area contributed by atoms with Gasteiger partial charge in [-0.05, 0) is 63.7 Å². The zero-order chi connectivity index (χ0) is 25.7. The second-order valence-corrected chi connectivity index (χ2v) is 9.37. The number of hydrogen-bond donors (Lipinski definition) is 2. The monoisotopic (exact) mass is 488 g/mol. The number of rotatable bonds is 3. The molecule has 0 saturated carbocycles. The molecule has 8 heteroatoms. The lowest BCUT2D eigenvalue weighted by Gasteiger charge is -2.25. The molecule has 2 heterocycles. The van der Waals surface area contributed by atoms with Crippen molar-refractivity contribution in [2.75, 3.05) is 38.7 Å². The van der Waals surface area contributed by atoms with Gasteiger partial charge in [-0.25, -0.2) is 0 Å². The fraction of sp³-hybridized carbons (Fsp3) is 0.393. The van der Waals surface area contributed by atoms with Gasteiger partial charge >= 0.3 is 11.8 Å². The fourth-order valence-corrected chi connectivity index (χ4v) is 4.33. The van der Waals surface area contributed by atoms with Crippen LogP contribution in [-0.4, -0.2) is 62.5 Å². The van der Waals surface area contributed by atoms with E-state index in [0.29, 0.717) is 17.4 Å². The number of nitrogens with zero attached hydrogens (tertiary/aromatic N) is 2. The molecule has 4 rings (SSSR count). The van der Waals surface area contributed by atoms with Gasteiger partial charge < -0.3 is 25.2 Å². The second-order valence-electron chi connectivity index (χ2n) is 9.37. The van der Waals surface area contributed by atoms with E-state index in [-0.39, 0.29) is 18.6 Å². The first-order valence-electron chi connectivity index (χ1n) is 12.2. The van der Waals surface area contributed by atoms with E-state index in [9.17, 15) is 14.4 Å². The van der Waals surface area contributed by atoms with Crippen LogP contribution in [0.15, 0.2) is 48.5 Å². The number of piperidine rings is 1. The van der Waals surface area contributed by atoms with E-state index in [4.69, 9.17) is 4.74 Å². The molecule has 2 N–H and O–H groups in total. The molecule has 3 amide bonds. The minimum absolute atomic E-state index is 0.0793. The topological polar surface area (TPSA) is 91.0 Å². The summed E-state index contributed by atoms with van der Waals surface area (Å²) in [6.45, 7) is 3.80. The molecule has 0 spiro atoms. The average Bonchev–Trinajstić information content (AvgIpc) is 3.00.